The normalized spacial score (nSPS) is 30.1. The van der Waals surface area contributed by atoms with E-state index in [1.165, 1.54) is 12.1 Å². The van der Waals surface area contributed by atoms with Gasteiger partial charge in [0.05, 0.1) is 28.8 Å². The summed E-state index contributed by atoms with van der Waals surface area (Å²) in [6.45, 7) is 0. The van der Waals surface area contributed by atoms with E-state index < -0.39 is 25.8 Å². The van der Waals surface area contributed by atoms with E-state index in [0.717, 1.165) is 80.5 Å². The van der Waals surface area contributed by atoms with Crippen molar-refractivity contribution in [2.24, 2.45) is 0 Å². The molecule has 228 valence electrons. The lowest BCUT2D eigenvalue weighted by molar-refractivity contribution is 0.00884. The standard InChI is InChI=1S/C33H36O8S2/c34-42(35,36)30-13-12-29(24-8-2-1-3-9-25(24)30)41-43(37,38)32-27(26-19-22-10-11-28(26)39-22)18-20-6-4-5-7-23(20)31(32)33-16-14-21(40-33)15-17-33/h4-7,12-13,18,21-22,26,28H,1-3,8-11,14-17,19H2,(H,34,35,36)/p-1. The Morgan fingerprint density at radius 3 is 2.30 bits per heavy atom. The van der Waals surface area contributed by atoms with Gasteiger partial charge >= 0.3 is 10.1 Å². The molecule has 10 heteroatoms. The summed E-state index contributed by atoms with van der Waals surface area (Å²) in [5, 5.41) is 1.83. The van der Waals surface area contributed by atoms with Crippen LogP contribution in [0.4, 0.5) is 0 Å². The smallest absolute Gasteiger partial charge is 0.339 e. The lowest BCUT2D eigenvalue weighted by Gasteiger charge is -2.32. The highest BCUT2D eigenvalue weighted by molar-refractivity contribution is 7.87. The lowest BCUT2D eigenvalue weighted by atomic mass is 9.77. The van der Waals surface area contributed by atoms with Crippen LogP contribution in [0.15, 0.2) is 52.3 Å². The van der Waals surface area contributed by atoms with Crippen molar-refractivity contribution in [2.75, 3.05) is 0 Å². The minimum Gasteiger partial charge on any atom is -0.744 e. The quantitative estimate of drug-likeness (QED) is 0.187. The van der Waals surface area contributed by atoms with Gasteiger partial charge < -0.3 is 18.2 Å². The number of hydrogen-bond acceptors (Lipinski definition) is 8. The molecule has 3 aromatic carbocycles. The van der Waals surface area contributed by atoms with Crippen LogP contribution in [0, 0.1) is 0 Å². The van der Waals surface area contributed by atoms with Crippen LogP contribution in [0.25, 0.3) is 10.8 Å². The third kappa shape index (κ3) is 4.55. The zero-order valence-corrected chi connectivity index (χ0v) is 25.6. The first-order chi connectivity index (χ1) is 20.6. The Balaban J connectivity index is 1.35. The first-order valence-electron chi connectivity index (χ1n) is 15.6. The molecule has 43 heavy (non-hydrogen) atoms. The average molecular weight is 624 g/mol. The summed E-state index contributed by atoms with van der Waals surface area (Å²) in [5.74, 6) is 0.0169. The van der Waals surface area contributed by atoms with E-state index >= 15 is 0 Å². The summed E-state index contributed by atoms with van der Waals surface area (Å²) in [7, 11) is -9.17. The summed E-state index contributed by atoms with van der Waals surface area (Å²) in [4.78, 5) is -0.103. The molecule has 3 unspecified atom stereocenters. The van der Waals surface area contributed by atoms with Gasteiger partial charge in [0.25, 0.3) is 0 Å². The molecule has 8 rings (SSSR count). The van der Waals surface area contributed by atoms with Crippen molar-refractivity contribution in [1.29, 1.82) is 0 Å². The maximum Gasteiger partial charge on any atom is 0.339 e. The van der Waals surface area contributed by atoms with Crippen LogP contribution in [0.5, 0.6) is 5.75 Å². The first-order valence-corrected chi connectivity index (χ1v) is 18.4. The van der Waals surface area contributed by atoms with E-state index in [-0.39, 0.29) is 39.8 Å². The Kier molecular flexibility index (Phi) is 6.52. The van der Waals surface area contributed by atoms with Gasteiger partial charge in [-0.1, -0.05) is 30.7 Å². The fourth-order valence-electron chi connectivity index (χ4n) is 8.68. The highest BCUT2D eigenvalue weighted by atomic mass is 32.2. The number of hydrogen-bond donors (Lipinski definition) is 0. The average Bonchev–Trinajstić information content (AvgIpc) is 3.76. The molecule has 1 aliphatic carbocycles. The van der Waals surface area contributed by atoms with Crippen molar-refractivity contribution in [3.8, 4) is 5.75 Å². The molecule has 3 atom stereocenters. The molecular formula is C33H35O8S2-. The maximum atomic E-state index is 14.8. The minimum atomic E-state index is -4.73. The SMILES string of the molecule is O=S(=O)([O-])c1ccc(OS(=O)(=O)c2c(C3CC4CCC3O4)cc3ccccc3c2C23CCC(CC2)O3)c2c1CCCCC2. The molecule has 5 aliphatic rings. The lowest BCUT2D eigenvalue weighted by Crippen LogP contribution is -2.29. The summed E-state index contributed by atoms with van der Waals surface area (Å²) >= 11 is 0. The minimum absolute atomic E-state index is 0.0518. The molecule has 8 nitrogen and oxygen atoms in total. The Morgan fingerprint density at radius 1 is 0.860 bits per heavy atom. The number of rotatable bonds is 6. The predicted molar refractivity (Wildman–Crippen MR) is 158 cm³/mol. The highest BCUT2D eigenvalue weighted by Gasteiger charge is 2.52. The third-order valence-corrected chi connectivity index (χ3v) is 12.8. The summed E-state index contributed by atoms with van der Waals surface area (Å²) in [6, 6.07) is 12.5. The van der Waals surface area contributed by atoms with Crippen molar-refractivity contribution >= 4 is 31.0 Å². The molecule has 4 bridgehead atoms. The molecule has 0 spiro atoms. The van der Waals surface area contributed by atoms with Crippen LogP contribution in [-0.2, 0) is 48.2 Å². The van der Waals surface area contributed by atoms with Gasteiger partial charge in [0.2, 0.25) is 0 Å². The molecule has 4 heterocycles. The van der Waals surface area contributed by atoms with E-state index in [2.05, 4.69) is 0 Å². The zero-order chi connectivity index (χ0) is 29.6. The largest absolute Gasteiger partial charge is 0.744 e. The number of fused-ring (bicyclic) bond motifs is 6. The monoisotopic (exact) mass is 623 g/mol. The van der Waals surface area contributed by atoms with E-state index in [0.29, 0.717) is 29.5 Å². The van der Waals surface area contributed by atoms with E-state index in [1.807, 2.05) is 30.3 Å². The Bertz CT molecular complexity index is 1840. The second-order valence-corrected chi connectivity index (χ2v) is 15.8. The van der Waals surface area contributed by atoms with Crippen LogP contribution in [0.2, 0.25) is 0 Å². The summed E-state index contributed by atoms with van der Waals surface area (Å²) in [5.41, 5.74) is 1.58. The third-order valence-electron chi connectivity index (χ3n) is 10.5. The number of ether oxygens (including phenoxy) is 2. The molecule has 4 saturated heterocycles. The van der Waals surface area contributed by atoms with Gasteiger partial charge in [-0.25, -0.2) is 8.42 Å². The molecule has 3 aromatic rings. The van der Waals surface area contributed by atoms with Crippen molar-refractivity contribution in [1.82, 2.24) is 0 Å². The number of benzene rings is 3. The van der Waals surface area contributed by atoms with Gasteiger partial charge in [-0.2, -0.15) is 8.42 Å². The fraction of sp³-hybridized carbons (Fsp3) is 0.515. The van der Waals surface area contributed by atoms with E-state index in [1.54, 1.807) is 0 Å². The summed E-state index contributed by atoms with van der Waals surface area (Å²) in [6.07, 6.45) is 9.21. The van der Waals surface area contributed by atoms with Crippen molar-refractivity contribution in [3.63, 3.8) is 0 Å². The van der Waals surface area contributed by atoms with Crippen LogP contribution in [-0.4, -0.2) is 39.7 Å². The Hall–Kier alpha value is -2.50. The van der Waals surface area contributed by atoms with Gasteiger partial charge in [-0.3, -0.25) is 0 Å². The van der Waals surface area contributed by atoms with Gasteiger partial charge in [0.15, 0.2) is 0 Å². The molecule has 4 fully saturated rings. The molecule has 0 N–H and O–H groups in total. The van der Waals surface area contributed by atoms with Gasteiger partial charge in [-0.05, 0) is 111 Å². The second kappa shape index (κ2) is 10.0. The Morgan fingerprint density at radius 2 is 1.63 bits per heavy atom. The van der Waals surface area contributed by atoms with E-state index in [9.17, 15) is 21.4 Å². The van der Waals surface area contributed by atoms with Crippen molar-refractivity contribution < 1.29 is 35.0 Å². The molecule has 0 radical (unpaired) electrons. The fourth-order valence-corrected chi connectivity index (χ4v) is 11.0. The van der Waals surface area contributed by atoms with Crippen molar-refractivity contribution in [2.45, 2.75) is 117 Å². The highest BCUT2D eigenvalue weighted by Crippen LogP contribution is 2.56. The van der Waals surface area contributed by atoms with Crippen LogP contribution < -0.4 is 4.18 Å². The summed E-state index contributed by atoms with van der Waals surface area (Å²) < 4.78 is 85.1. The first kappa shape index (κ1) is 28.0. The molecular weight excluding hydrogens is 588 g/mol. The zero-order valence-electron chi connectivity index (χ0n) is 23.9. The van der Waals surface area contributed by atoms with Crippen molar-refractivity contribution in [3.05, 3.63) is 64.7 Å². The molecule has 4 aliphatic heterocycles. The van der Waals surface area contributed by atoms with E-state index in [4.69, 9.17) is 13.7 Å². The molecule has 0 aromatic heterocycles. The predicted octanol–water partition coefficient (Wildman–Crippen LogP) is 5.98. The molecule has 0 amide bonds. The van der Waals surface area contributed by atoms with Crippen LogP contribution >= 0.6 is 0 Å². The second-order valence-electron chi connectivity index (χ2n) is 13.0. The van der Waals surface area contributed by atoms with Gasteiger partial charge in [0, 0.05) is 17.0 Å². The van der Waals surface area contributed by atoms with Gasteiger partial charge in [-0.15, -0.1) is 0 Å². The maximum absolute atomic E-state index is 14.8. The molecule has 0 saturated carbocycles. The topological polar surface area (TPSA) is 119 Å². The van der Waals surface area contributed by atoms with Crippen LogP contribution in [0.1, 0.15) is 92.4 Å². The Labute approximate surface area is 252 Å². The van der Waals surface area contributed by atoms with Crippen LogP contribution in [0.3, 0.4) is 0 Å². The van der Waals surface area contributed by atoms with Gasteiger partial charge in [0.1, 0.15) is 20.8 Å².